The van der Waals surface area contributed by atoms with Gasteiger partial charge in [-0.15, -0.1) is 0 Å². The summed E-state index contributed by atoms with van der Waals surface area (Å²) in [6, 6.07) is 60.5. The van der Waals surface area contributed by atoms with Crippen LogP contribution in [0.15, 0.2) is 233 Å². The number of ketones is 4. The summed E-state index contributed by atoms with van der Waals surface area (Å²) in [5.41, 5.74) is 4.83. The fourth-order valence-electron chi connectivity index (χ4n) is 6.61. The minimum Gasteiger partial charge on any atom is -0.289 e. The van der Waals surface area contributed by atoms with E-state index >= 15 is 0 Å². The molecule has 0 N–H and O–H groups in total. The van der Waals surface area contributed by atoms with Gasteiger partial charge in [0, 0.05) is 83.7 Å². The normalized spacial score (nSPS) is 13.2. The van der Waals surface area contributed by atoms with E-state index in [1.165, 1.54) is 0 Å². The van der Waals surface area contributed by atoms with Crippen molar-refractivity contribution in [2.45, 2.75) is 39.2 Å². The van der Waals surface area contributed by atoms with Gasteiger partial charge in [0.2, 0.25) is 0 Å². The van der Waals surface area contributed by atoms with Gasteiger partial charge in [0.05, 0.1) is 0 Å². The van der Waals surface area contributed by atoms with Gasteiger partial charge in [0.1, 0.15) is 0 Å². The molecule has 8 heteroatoms. The first-order valence-corrected chi connectivity index (χ1v) is 22.3. The number of carbonyl (C=O) groups is 4. The molecule has 0 fully saturated rings. The second-order valence-electron chi connectivity index (χ2n) is 13.9. The maximum Gasteiger partial charge on any atom is 0.193 e. The third kappa shape index (κ3) is 9.03. The predicted octanol–water partition coefficient (Wildman–Crippen LogP) is 13.5. The molecule has 60 heavy (non-hydrogen) atoms. The van der Waals surface area contributed by atoms with Crippen LogP contribution in [0.25, 0.3) is 0 Å². The van der Waals surface area contributed by atoms with Crippen molar-refractivity contribution in [2.75, 3.05) is 0 Å². The molecular formula is C52H32O4S4. The van der Waals surface area contributed by atoms with Crippen molar-refractivity contribution in [2.24, 2.45) is 0 Å². The zero-order chi connectivity index (χ0) is 41.0. The summed E-state index contributed by atoms with van der Waals surface area (Å²) >= 11 is 6.26. The summed E-state index contributed by atoms with van der Waals surface area (Å²) in [7, 11) is 0. The van der Waals surface area contributed by atoms with Crippen LogP contribution >= 0.6 is 47.0 Å². The third-order valence-electron chi connectivity index (χ3n) is 9.87. The second-order valence-corrected chi connectivity index (χ2v) is 18.5. The third-order valence-corrected chi connectivity index (χ3v) is 13.9. The van der Waals surface area contributed by atoms with Crippen LogP contribution in [0, 0.1) is 0 Å². The van der Waals surface area contributed by atoms with Crippen molar-refractivity contribution >= 4 is 70.2 Å². The molecule has 4 nitrogen and oxygen atoms in total. The largest absolute Gasteiger partial charge is 0.289 e. The Morgan fingerprint density at radius 1 is 0.167 bits per heavy atom. The van der Waals surface area contributed by atoms with Gasteiger partial charge < -0.3 is 0 Å². The topological polar surface area (TPSA) is 68.3 Å². The van der Waals surface area contributed by atoms with Gasteiger partial charge in [0.15, 0.2) is 23.1 Å². The summed E-state index contributed by atoms with van der Waals surface area (Å²) in [4.78, 5) is 61.3. The van der Waals surface area contributed by atoms with Crippen LogP contribution < -0.4 is 0 Å². The van der Waals surface area contributed by atoms with E-state index < -0.39 is 0 Å². The van der Waals surface area contributed by atoms with Crippen LogP contribution in [-0.2, 0) is 0 Å². The van der Waals surface area contributed by atoms with Gasteiger partial charge in [-0.3, -0.25) is 19.2 Å². The fraction of sp³-hybridized carbons (Fsp3) is 0. The number of benzene rings is 8. The average molecular weight is 849 g/mol. The van der Waals surface area contributed by atoms with Gasteiger partial charge in [-0.1, -0.05) is 47.0 Å². The Morgan fingerprint density at radius 3 is 0.367 bits per heavy atom. The molecule has 21 rings (SSSR count). The Balaban J connectivity index is 0.955. The molecule has 0 saturated heterocycles. The molecule has 0 atom stereocenters. The van der Waals surface area contributed by atoms with Crippen molar-refractivity contribution in [3.05, 3.63) is 239 Å². The second kappa shape index (κ2) is 17.6. The van der Waals surface area contributed by atoms with E-state index in [4.69, 9.17) is 0 Å². The van der Waals surface area contributed by atoms with Crippen LogP contribution in [0.4, 0.5) is 0 Å². The van der Waals surface area contributed by atoms with Crippen molar-refractivity contribution in [1.82, 2.24) is 0 Å². The first-order valence-electron chi connectivity index (χ1n) is 19.0. The smallest absolute Gasteiger partial charge is 0.193 e. The Morgan fingerprint density at radius 2 is 0.267 bits per heavy atom. The van der Waals surface area contributed by atoms with Gasteiger partial charge in [0.25, 0.3) is 0 Å². The van der Waals surface area contributed by atoms with Crippen LogP contribution in [0.2, 0.25) is 0 Å². The molecule has 0 unspecified atom stereocenters. The fourth-order valence-corrected chi connectivity index (χ4v) is 9.87. The van der Waals surface area contributed by atoms with Crippen molar-refractivity contribution in [3.63, 3.8) is 0 Å². The first-order chi connectivity index (χ1) is 29.3. The molecule has 0 aliphatic carbocycles. The van der Waals surface area contributed by atoms with E-state index in [1.54, 1.807) is 47.0 Å². The van der Waals surface area contributed by atoms with Crippen LogP contribution in [0.5, 0.6) is 0 Å². The zero-order valence-corrected chi connectivity index (χ0v) is 35.0. The van der Waals surface area contributed by atoms with Crippen molar-refractivity contribution in [3.8, 4) is 0 Å². The Bertz CT molecular complexity index is 2260. The van der Waals surface area contributed by atoms with Gasteiger partial charge in [-0.25, -0.2) is 0 Å². The van der Waals surface area contributed by atoms with E-state index in [0.29, 0.717) is 44.5 Å². The molecule has 288 valence electrons. The number of rotatable bonds is 0. The molecule has 0 amide bonds. The summed E-state index contributed by atoms with van der Waals surface area (Å²) in [5, 5.41) is 0. The first kappa shape index (κ1) is 39.3. The molecule has 0 radical (unpaired) electrons. The lowest BCUT2D eigenvalue weighted by atomic mass is 10.0. The highest BCUT2D eigenvalue weighted by Gasteiger charge is 2.15. The molecule has 13 aliphatic heterocycles. The molecule has 8 aromatic carbocycles. The Labute approximate surface area is 364 Å². The number of carbonyl (C=O) groups excluding carboxylic acids is 4. The quantitative estimate of drug-likeness (QED) is 0.149. The maximum absolute atomic E-state index is 13.4. The van der Waals surface area contributed by atoms with E-state index in [-0.39, 0.29) is 23.1 Å². The van der Waals surface area contributed by atoms with Crippen LogP contribution in [-0.4, -0.2) is 23.1 Å². The summed E-state index contributed by atoms with van der Waals surface area (Å²) in [5.74, 6) is -0.214. The minimum atomic E-state index is -0.0536. The lowest BCUT2D eigenvalue weighted by Crippen LogP contribution is -2.01. The lowest BCUT2D eigenvalue weighted by molar-refractivity contribution is 0.103. The Hall–Kier alpha value is -6.16. The van der Waals surface area contributed by atoms with Gasteiger partial charge in [-0.05, 0) is 194 Å². The molecule has 13 heterocycles. The van der Waals surface area contributed by atoms with E-state index in [2.05, 4.69) is 0 Å². The minimum absolute atomic E-state index is 0.0536. The summed E-state index contributed by atoms with van der Waals surface area (Å²) in [6.45, 7) is 0. The molecule has 13 aliphatic rings. The van der Waals surface area contributed by atoms with E-state index in [0.717, 1.165) is 39.2 Å². The molecule has 8 aromatic rings. The van der Waals surface area contributed by atoms with Crippen LogP contribution in [0.3, 0.4) is 0 Å². The lowest BCUT2D eigenvalue weighted by Gasteiger charge is -2.08. The molecule has 0 aromatic heterocycles. The standard InChI is InChI=1S/C52H32O4S4/c53-49-33-1-17-41(18-2-33)57-42-21-5-35(6-22-42)50(54)36-9-25-45(26-10-36)59-46-29-13-39(14-30-46)52(56)40-15-31-48(32-16-40)60-47-27-11-38(12-28-47)51(55)37-7-23-44(24-8-37)58-43-19-3-34(49)4-20-43/h1-32H. The van der Waals surface area contributed by atoms with E-state index in [9.17, 15) is 19.2 Å². The maximum atomic E-state index is 13.4. The highest BCUT2D eigenvalue weighted by atomic mass is 32.2. The van der Waals surface area contributed by atoms with Crippen LogP contribution in [0.1, 0.15) is 63.7 Å². The highest BCUT2D eigenvalue weighted by Crippen LogP contribution is 2.33. The SMILES string of the molecule is O=C1c2ccc(cc2)Sc2ccc(cc2)C(=O)c2ccc(cc2)Sc2ccc(cc2)C(=O)c2ccc(cc2)Sc2ccc(cc2)C(=O)c2ccc(cc2)Sc2ccc1cc2. The van der Waals surface area contributed by atoms with Gasteiger partial charge in [-0.2, -0.15) is 0 Å². The summed E-state index contributed by atoms with van der Waals surface area (Å²) in [6.07, 6.45) is 0. The monoisotopic (exact) mass is 848 g/mol. The molecule has 0 saturated carbocycles. The average Bonchev–Trinajstić information content (AvgIpc) is 3.30. The Kier molecular flexibility index (Phi) is 11.5. The predicted molar refractivity (Wildman–Crippen MR) is 242 cm³/mol. The molecule has 16 bridgehead atoms. The molecule has 0 spiro atoms. The van der Waals surface area contributed by atoms with Crippen molar-refractivity contribution < 1.29 is 19.2 Å². The zero-order valence-electron chi connectivity index (χ0n) is 31.7. The van der Waals surface area contributed by atoms with Gasteiger partial charge >= 0.3 is 0 Å². The van der Waals surface area contributed by atoms with Crippen molar-refractivity contribution in [1.29, 1.82) is 0 Å². The highest BCUT2D eigenvalue weighted by molar-refractivity contribution is 8.00. The molecular weight excluding hydrogens is 817 g/mol. The number of hydrogen-bond acceptors (Lipinski definition) is 8. The van der Waals surface area contributed by atoms with E-state index in [1.807, 2.05) is 194 Å². The number of hydrogen-bond donors (Lipinski definition) is 0. The summed E-state index contributed by atoms with van der Waals surface area (Å²) < 4.78 is 0.